The number of aliphatic hydroxyl groups is 1. The van der Waals surface area contributed by atoms with E-state index in [1.54, 1.807) is 29.8 Å². The normalized spacial score (nSPS) is 11.3. The van der Waals surface area contributed by atoms with Crippen LogP contribution in [-0.4, -0.2) is 36.9 Å². The minimum Gasteiger partial charge on any atom is -0.396 e. The van der Waals surface area contributed by atoms with Gasteiger partial charge in [0.15, 0.2) is 11.2 Å². The van der Waals surface area contributed by atoms with E-state index in [0.717, 1.165) is 4.57 Å². The van der Waals surface area contributed by atoms with E-state index < -0.39 is 11.2 Å². The molecule has 0 amide bonds. The minimum absolute atomic E-state index is 0.0177. The second-order valence-electron chi connectivity index (χ2n) is 6.10. The molecule has 3 aromatic rings. The molecule has 0 unspecified atom stereocenters. The first kappa shape index (κ1) is 19.5. The van der Waals surface area contributed by atoms with E-state index in [1.165, 1.54) is 11.6 Å². The lowest BCUT2D eigenvalue weighted by molar-refractivity contribution is 0.292. The Balaban J connectivity index is 2.26. The second kappa shape index (κ2) is 7.75. The molecule has 0 bridgehead atoms. The molecule has 0 spiro atoms. The van der Waals surface area contributed by atoms with E-state index in [4.69, 9.17) is 28.3 Å². The van der Waals surface area contributed by atoms with Crippen molar-refractivity contribution in [2.75, 3.05) is 18.5 Å². The summed E-state index contributed by atoms with van der Waals surface area (Å²) in [6.07, 6.45) is 0.507. The molecule has 3 rings (SSSR count). The third-order valence-electron chi connectivity index (χ3n) is 4.34. The highest BCUT2D eigenvalue weighted by Crippen LogP contribution is 2.27. The van der Waals surface area contributed by atoms with E-state index in [0.29, 0.717) is 34.5 Å². The van der Waals surface area contributed by atoms with Crippen molar-refractivity contribution in [2.45, 2.75) is 13.0 Å². The summed E-state index contributed by atoms with van der Waals surface area (Å²) in [5.74, 6) is 0.396. The monoisotopic (exact) mass is 411 g/mol. The quantitative estimate of drug-likeness (QED) is 0.600. The van der Waals surface area contributed by atoms with Crippen LogP contribution in [-0.2, 0) is 20.6 Å². The van der Waals surface area contributed by atoms with Crippen LogP contribution in [0.1, 0.15) is 12.0 Å². The molecular formula is C17H19Cl2N5O3. The second-order valence-corrected chi connectivity index (χ2v) is 6.92. The average Bonchev–Trinajstić information content (AvgIpc) is 3.00. The Morgan fingerprint density at radius 3 is 2.44 bits per heavy atom. The van der Waals surface area contributed by atoms with Crippen molar-refractivity contribution in [3.05, 3.63) is 54.6 Å². The van der Waals surface area contributed by atoms with Crippen LogP contribution < -0.4 is 16.6 Å². The highest BCUT2D eigenvalue weighted by atomic mass is 35.5. The van der Waals surface area contributed by atoms with Crippen molar-refractivity contribution >= 4 is 40.3 Å². The smallest absolute Gasteiger partial charge is 0.332 e. The Kier molecular flexibility index (Phi) is 5.59. The highest BCUT2D eigenvalue weighted by Gasteiger charge is 2.20. The van der Waals surface area contributed by atoms with Gasteiger partial charge in [0.1, 0.15) is 0 Å². The number of benzene rings is 1. The molecule has 8 nitrogen and oxygen atoms in total. The molecule has 0 radical (unpaired) electrons. The van der Waals surface area contributed by atoms with Gasteiger partial charge in [-0.05, 0) is 18.6 Å². The molecule has 2 aromatic heterocycles. The number of nitrogens with one attached hydrogen (secondary N) is 1. The van der Waals surface area contributed by atoms with Crippen molar-refractivity contribution in [3.63, 3.8) is 0 Å². The third-order valence-corrected chi connectivity index (χ3v) is 5.05. The number of aliphatic hydroxyl groups excluding tert-OH is 1. The first-order valence-electron chi connectivity index (χ1n) is 8.30. The van der Waals surface area contributed by atoms with Gasteiger partial charge >= 0.3 is 5.69 Å². The fraction of sp³-hybridized carbons (Fsp3) is 0.353. The van der Waals surface area contributed by atoms with Crippen LogP contribution in [0.25, 0.3) is 11.2 Å². The minimum atomic E-state index is -0.463. The zero-order valence-corrected chi connectivity index (χ0v) is 16.4. The molecule has 0 aliphatic carbocycles. The molecule has 10 heteroatoms. The average molecular weight is 412 g/mol. The number of halogens is 2. The fourth-order valence-corrected chi connectivity index (χ4v) is 3.37. The fourth-order valence-electron chi connectivity index (χ4n) is 2.86. The third kappa shape index (κ3) is 3.47. The first-order chi connectivity index (χ1) is 12.9. The Morgan fingerprint density at radius 1 is 1.15 bits per heavy atom. The van der Waals surface area contributed by atoms with Crippen LogP contribution in [0.4, 0.5) is 5.95 Å². The van der Waals surface area contributed by atoms with Gasteiger partial charge in [0.2, 0.25) is 5.95 Å². The molecule has 144 valence electrons. The number of aromatic nitrogens is 4. The molecule has 0 atom stereocenters. The molecule has 0 aliphatic rings. The number of rotatable bonds is 6. The Bertz CT molecular complexity index is 1100. The number of hydrogen-bond donors (Lipinski definition) is 2. The molecule has 0 saturated carbocycles. The van der Waals surface area contributed by atoms with Gasteiger partial charge in [-0.2, -0.15) is 4.98 Å². The van der Waals surface area contributed by atoms with E-state index >= 15 is 0 Å². The lowest BCUT2D eigenvalue weighted by Crippen LogP contribution is -2.37. The van der Waals surface area contributed by atoms with Crippen LogP contribution in [0.5, 0.6) is 0 Å². The topological polar surface area (TPSA) is 94.1 Å². The van der Waals surface area contributed by atoms with Crippen molar-refractivity contribution < 1.29 is 5.11 Å². The van der Waals surface area contributed by atoms with E-state index in [1.807, 2.05) is 0 Å². The van der Waals surface area contributed by atoms with E-state index in [9.17, 15) is 9.59 Å². The van der Waals surface area contributed by atoms with Gasteiger partial charge < -0.3 is 10.4 Å². The summed E-state index contributed by atoms with van der Waals surface area (Å²) in [6.45, 7) is 0.665. The van der Waals surface area contributed by atoms with Crippen molar-refractivity contribution in [3.8, 4) is 0 Å². The molecule has 0 saturated heterocycles. The van der Waals surface area contributed by atoms with Gasteiger partial charge in [-0.25, -0.2) is 4.79 Å². The van der Waals surface area contributed by atoms with Crippen molar-refractivity contribution in [1.82, 2.24) is 18.7 Å². The Morgan fingerprint density at radius 2 is 1.81 bits per heavy atom. The summed E-state index contributed by atoms with van der Waals surface area (Å²) < 4.78 is 4.01. The largest absolute Gasteiger partial charge is 0.396 e. The first-order valence-corrected chi connectivity index (χ1v) is 9.06. The molecule has 2 heterocycles. The lowest BCUT2D eigenvalue weighted by Gasteiger charge is -2.13. The van der Waals surface area contributed by atoms with E-state index in [-0.39, 0.29) is 24.3 Å². The maximum atomic E-state index is 12.8. The van der Waals surface area contributed by atoms with Crippen LogP contribution in [0.3, 0.4) is 0 Å². The van der Waals surface area contributed by atoms with Gasteiger partial charge in [-0.1, -0.05) is 29.3 Å². The number of imidazole rings is 1. The van der Waals surface area contributed by atoms with Crippen LogP contribution in [0.15, 0.2) is 27.8 Å². The number of fused-ring (bicyclic) bond motifs is 1. The van der Waals surface area contributed by atoms with Crippen LogP contribution >= 0.6 is 23.2 Å². The van der Waals surface area contributed by atoms with Gasteiger partial charge in [-0.3, -0.25) is 18.5 Å². The Labute approximate surface area is 164 Å². The maximum absolute atomic E-state index is 12.8. The molecule has 0 fully saturated rings. The van der Waals surface area contributed by atoms with Crippen molar-refractivity contribution in [2.24, 2.45) is 14.1 Å². The zero-order chi connectivity index (χ0) is 19.7. The number of aryl methyl sites for hydroxylation is 1. The van der Waals surface area contributed by atoms with Crippen LogP contribution in [0, 0.1) is 0 Å². The number of nitrogens with zero attached hydrogens (tertiary/aromatic N) is 4. The summed E-state index contributed by atoms with van der Waals surface area (Å²) in [7, 11) is 2.98. The summed E-state index contributed by atoms with van der Waals surface area (Å²) in [6, 6.07) is 5.17. The number of hydrogen-bond acceptors (Lipinski definition) is 5. The molecular weight excluding hydrogens is 393 g/mol. The summed E-state index contributed by atoms with van der Waals surface area (Å²) in [4.78, 5) is 29.4. The highest BCUT2D eigenvalue weighted by molar-refractivity contribution is 6.36. The maximum Gasteiger partial charge on any atom is 0.332 e. The van der Waals surface area contributed by atoms with Crippen LogP contribution in [0.2, 0.25) is 10.0 Å². The van der Waals surface area contributed by atoms with Gasteiger partial charge in [0, 0.05) is 42.9 Å². The predicted octanol–water partition coefficient (Wildman–Crippen LogP) is 1.58. The lowest BCUT2D eigenvalue weighted by atomic mass is 10.2. The van der Waals surface area contributed by atoms with Gasteiger partial charge in [-0.15, -0.1) is 0 Å². The van der Waals surface area contributed by atoms with Gasteiger partial charge in [0.25, 0.3) is 5.56 Å². The van der Waals surface area contributed by atoms with E-state index in [2.05, 4.69) is 10.3 Å². The number of anilines is 1. The SMILES string of the molecule is Cn1c(=O)c2c(nc(NCCCO)n2Cc2c(Cl)cccc2Cl)n(C)c1=O. The standard InChI is InChI=1S/C17H19Cl2N5O3/c1-22-14-13(15(26)23(2)17(22)27)24(16(21-14)20-7-4-8-25)9-10-11(18)5-3-6-12(10)19/h3,5-6,25H,4,7-9H2,1-2H3,(H,20,21). The molecule has 2 N–H and O–H groups in total. The summed E-state index contributed by atoms with van der Waals surface area (Å²) in [5.41, 5.74) is 0.245. The zero-order valence-electron chi connectivity index (χ0n) is 14.9. The molecule has 0 aliphatic heterocycles. The molecule has 27 heavy (non-hydrogen) atoms. The molecule has 1 aromatic carbocycles. The van der Waals surface area contributed by atoms with Crippen molar-refractivity contribution in [1.29, 1.82) is 0 Å². The predicted molar refractivity (Wildman–Crippen MR) is 106 cm³/mol. The summed E-state index contributed by atoms with van der Waals surface area (Å²) >= 11 is 12.6. The Hall–Kier alpha value is -2.29. The summed E-state index contributed by atoms with van der Waals surface area (Å²) in [5, 5.41) is 13.1. The van der Waals surface area contributed by atoms with Gasteiger partial charge in [0.05, 0.1) is 6.54 Å².